The Bertz CT molecular complexity index is 585. The first-order valence-corrected chi connectivity index (χ1v) is 7.03. The van der Waals surface area contributed by atoms with Crippen LogP contribution in [0.2, 0.25) is 0 Å². The van der Waals surface area contributed by atoms with E-state index in [4.69, 9.17) is 19.7 Å². The number of nitrogens with two attached hydrogens (primary N) is 1. The number of aromatic nitrogens is 2. The molecule has 21 heavy (non-hydrogen) atoms. The van der Waals surface area contributed by atoms with Crippen molar-refractivity contribution in [1.29, 1.82) is 0 Å². The molecule has 6 heteroatoms. The van der Waals surface area contributed by atoms with Crippen LogP contribution in [0.4, 0.5) is 5.69 Å². The first-order chi connectivity index (χ1) is 10.1. The molecule has 1 heterocycles. The van der Waals surface area contributed by atoms with E-state index in [1.54, 1.807) is 12.1 Å². The van der Waals surface area contributed by atoms with Gasteiger partial charge >= 0.3 is 0 Å². The molecule has 1 aromatic carbocycles. The van der Waals surface area contributed by atoms with Crippen molar-refractivity contribution in [3.63, 3.8) is 0 Å². The Morgan fingerprint density at radius 3 is 2.71 bits per heavy atom. The SMILES string of the molecule is CCOC(C)(CC)c1noc(COc2ccccc2N)n1. The zero-order valence-corrected chi connectivity index (χ0v) is 12.6. The van der Waals surface area contributed by atoms with E-state index in [1.165, 1.54) is 0 Å². The maximum Gasteiger partial charge on any atom is 0.264 e. The highest BCUT2D eigenvalue weighted by Gasteiger charge is 2.30. The van der Waals surface area contributed by atoms with Gasteiger partial charge in [0.2, 0.25) is 5.82 Å². The molecule has 0 amide bonds. The van der Waals surface area contributed by atoms with Crippen LogP contribution in [0.3, 0.4) is 0 Å². The summed E-state index contributed by atoms with van der Waals surface area (Å²) < 4.78 is 16.5. The second-order valence-corrected chi connectivity index (χ2v) is 4.86. The van der Waals surface area contributed by atoms with Crippen LogP contribution in [0.1, 0.15) is 38.9 Å². The summed E-state index contributed by atoms with van der Waals surface area (Å²) in [4.78, 5) is 4.35. The number of nitrogens with zero attached hydrogens (tertiary/aromatic N) is 2. The average molecular weight is 291 g/mol. The lowest BCUT2D eigenvalue weighted by Gasteiger charge is -2.23. The molecule has 0 saturated heterocycles. The summed E-state index contributed by atoms with van der Waals surface area (Å²) in [5.74, 6) is 1.53. The average Bonchev–Trinajstić information content (AvgIpc) is 2.96. The fourth-order valence-corrected chi connectivity index (χ4v) is 1.92. The molecule has 0 aliphatic rings. The minimum absolute atomic E-state index is 0.174. The fourth-order valence-electron chi connectivity index (χ4n) is 1.92. The highest BCUT2D eigenvalue weighted by atomic mass is 16.5. The lowest BCUT2D eigenvalue weighted by Crippen LogP contribution is -2.26. The van der Waals surface area contributed by atoms with Crippen molar-refractivity contribution < 1.29 is 14.0 Å². The number of hydrogen-bond acceptors (Lipinski definition) is 6. The molecule has 1 unspecified atom stereocenters. The van der Waals surface area contributed by atoms with Crippen LogP contribution in [0.5, 0.6) is 5.75 Å². The lowest BCUT2D eigenvalue weighted by atomic mass is 10.0. The highest BCUT2D eigenvalue weighted by Crippen LogP contribution is 2.27. The van der Waals surface area contributed by atoms with Gasteiger partial charge in [-0.15, -0.1) is 0 Å². The van der Waals surface area contributed by atoms with Crippen LogP contribution >= 0.6 is 0 Å². The Kier molecular flexibility index (Phi) is 4.80. The zero-order valence-electron chi connectivity index (χ0n) is 12.6. The summed E-state index contributed by atoms with van der Waals surface area (Å²) in [7, 11) is 0. The molecule has 1 atom stereocenters. The summed E-state index contributed by atoms with van der Waals surface area (Å²) in [6.07, 6.45) is 0.756. The molecule has 2 rings (SSSR count). The van der Waals surface area contributed by atoms with Crippen LogP contribution < -0.4 is 10.5 Å². The van der Waals surface area contributed by atoms with Gasteiger partial charge in [-0.2, -0.15) is 4.98 Å². The minimum Gasteiger partial charge on any atom is -0.482 e. The van der Waals surface area contributed by atoms with Crippen LogP contribution in [-0.2, 0) is 16.9 Å². The molecule has 1 aromatic heterocycles. The molecule has 0 bridgehead atoms. The molecule has 0 aliphatic carbocycles. The van der Waals surface area contributed by atoms with Gasteiger partial charge in [0, 0.05) is 6.61 Å². The smallest absolute Gasteiger partial charge is 0.264 e. The molecular weight excluding hydrogens is 270 g/mol. The molecule has 2 aromatic rings. The van der Waals surface area contributed by atoms with E-state index >= 15 is 0 Å². The monoisotopic (exact) mass is 291 g/mol. The van der Waals surface area contributed by atoms with Crippen LogP contribution in [0, 0.1) is 0 Å². The maximum absolute atomic E-state index is 5.81. The lowest BCUT2D eigenvalue weighted by molar-refractivity contribution is -0.0403. The van der Waals surface area contributed by atoms with E-state index < -0.39 is 5.60 Å². The van der Waals surface area contributed by atoms with Crippen LogP contribution in [-0.4, -0.2) is 16.7 Å². The first-order valence-electron chi connectivity index (χ1n) is 7.03. The van der Waals surface area contributed by atoms with Gasteiger partial charge in [0.05, 0.1) is 5.69 Å². The molecule has 0 radical (unpaired) electrons. The van der Waals surface area contributed by atoms with E-state index in [0.29, 0.717) is 29.8 Å². The van der Waals surface area contributed by atoms with E-state index in [9.17, 15) is 0 Å². The van der Waals surface area contributed by atoms with Gasteiger partial charge in [-0.05, 0) is 32.4 Å². The molecule has 2 N–H and O–H groups in total. The van der Waals surface area contributed by atoms with E-state index in [-0.39, 0.29) is 6.61 Å². The third kappa shape index (κ3) is 3.52. The van der Waals surface area contributed by atoms with Crippen molar-refractivity contribution >= 4 is 5.69 Å². The second-order valence-electron chi connectivity index (χ2n) is 4.86. The molecule has 0 spiro atoms. The van der Waals surface area contributed by atoms with E-state index in [0.717, 1.165) is 6.42 Å². The summed E-state index contributed by atoms with van der Waals surface area (Å²) in [5.41, 5.74) is 5.84. The Morgan fingerprint density at radius 2 is 2.05 bits per heavy atom. The summed E-state index contributed by atoms with van der Waals surface area (Å²) >= 11 is 0. The topological polar surface area (TPSA) is 83.4 Å². The fraction of sp³-hybridized carbons (Fsp3) is 0.467. The third-order valence-electron chi connectivity index (χ3n) is 3.35. The van der Waals surface area contributed by atoms with Crippen molar-refractivity contribution in [3.8, 4) is 5.75 Å². The number of benzene rings is 1. The van der Waals surface area contributed by atoms with Crippen LogP contribution in [0.25, 0.3) is 0 Å². The van der Waals surface area contributed by atoms with Gasteiger partial charge in [0.25, 0.3) is 5.89 Å². The summed E-state index contributed by atoms with van der Waals surface area (Å²) in [6, 6.07) is 7.27. The Labute approximate surface area is 124 Å². The normalized spacial score (nSPS) is 13.9. The van der Waals surface area contributed by atoms with Gasteiger partial charge in [0.1, 0.15) is 11.4 Å². The second kappa shape index (κ2) is 6.58. The Hall–Kier alpha value is -2.08. The van der Waals surface area contributed by atoms with Gasteiger partial charge in [-0.3, -0.25) is 0 Å². The van der Waals surface area contributed by atoms with E-state index in [2.05, 4.69) is 10.1 Å². The third-order valence-corrected chi connectivity index (χ3v) is 3.35. The quantitative estimate of drug-likeness (QED) is 0.790. The van der Waals surface area contributed by atoms with Crippen molar-refractivity contribution in [2.45, 2.75) is 39.4 Å². The van der Waals surface area contributed by atoms with Crippen molar-refractivity contribution in [2.24, 2.45) is 0 Å². The maximum atomic E-state index is 5.81. The number of nitrogen functional groups attached to an aromatic ring is 1. The molecule has 0 saturated carbocycles. The number of para-hydroxylation sites is 2. The molecular formula is C15H21N3O3. The number of anilines is 1. The number of hydrogen-bond donors (Lipinski definition) is 1. The molecule has 0 aliphatic heterocycles. The van der Waals surface area contributed by atoms with Gasteiger partial charge < -0.3 is 19.7 Å². The minimum atomic E-state index is -0.539. The van der Waals surface area contributed by atoms with E-state index in [1.807, 2.05) is 32.9 Å². The molecule has 6 nitrogen and oxygen atoms in total. The number of ether oxygens (including phenoxy) is 2. The van der Waals surface area contributed by atoms with Crippen LogP contribution in [0.15, 0.2) is 28.8 Å². The largest absolute Gasteiger partial charge is 0.482 e. The van der Waals surface area contributed by atoms with Gasteiger partial charge in [-0.1, -0.05) is 24.2 Å². The Morgan fingerprint density at radius 1 is 1.29 bits per heavy atom. The predicted octanol–water partition coefficient (Wildman–Crippen LogP) is 2.89. The summed E-state index contributed by atoms with van der Waals surface area (Å²) in [6.45, 7) is 6.67. The predicted molar refractivity (Wildman–Crippen MR) is 78.8 cm³/mol. The van der Waals surface area contributed by atoms with Gasteiger partial charge in [0.15, 0.2) is 6.61 Å². The van der Waals surface area contributed by atoms with Gasteiger partial charge in [-0.25, -0.2) is 0 Å². The first kappa shape index (κ1) is 15.3. The van der Waals surface area contributed by atoms with Crippen molar-refractivity contribution in [2.75, 3.05) is 12.3 Å². The standard InChI is InChI=1S/C15H21N3O3/c1-4-15(3,20-5-2)14-17-13(21-18-14)10-19-12-9-7-6-8-11(12)16/h6-9H,4-5,10,16H2,1-3H3. The Balaban J connectivity index is 2.05. The molecule has 114 valence electrons. The van der Waals surface area contributed by atoms with Crippen molar-refractivity contribution in [1.82, 2.24) is 10.1 Å². The summed E-state index contributed by atoms with van der Waals surface area (Å²) in [5, 5.41) is 3.99. The zero-order chi connectivity index (χ0) is 15.3. The molecule has 0 fully saturated rings. The number of rotatable bonds is 7. The van der Waals surface area contributed by atoms with Crippen molar-refractivity contribution in [3.05, 3.63) is 36.0 Å². The highest BCUT2D eigenvalue weighted by molar-refractivity contribution is 5.51.